The topological polar surface area (TPSA) is 48.5 Å². The fraction of sp³-hybridized carbons (Fsp3) is 0.444. The van der Waals surface area contributed by atoms with Crippen LogP contribution in [-0.4, -0.2) is 47.5 Å². The molecule has 1 aromatic carbocycles. The van der Waals surface area contributed by atoms with Gasteiger partial charge in [0.1, 0.15) is 0 Å². The minimum atomic E-state index is -0.0779. The average molecular weight is 344 g/mol. The summed E-state index contributed by atoms with van der Waals surface area (Å²) in [4.78, 5) is 21.8. The lowest BCUT2D eigenvalue weighted by Gasteiger charge is -2.21. The van der Waals surface area contributed by atoms with Crippen LogP contribution in [0.5, 0.6) is 0 Å². The highest BCUT2D eigenvalue weighted by molar-refractivity contribution is 7.15. The molecule has 0 saturated carbocycles. The quantitative estimate of drug-likeness (QED) is 0.904. The lowest BCUT2D eigenvalue weighted by Crippen LogP contribution is -2.36. The minimum absolute atomic E-state index is 0.0779. The summed E-state index contributed by atoms with van der Waals surface area (Å²) in [5.74, 6) is 0.530. The molecule has 1 aromatic heterocycles. The van der Waals surface area contributed by atoms with E-state index in [1.807, 2.05) is 20.0 Å². The number of aromatic nitrogens is 1. The molecule has 0 spiro atoms. The highest BCUT2D eigenvalue weighted by Gasteiger charge is 2.25. The van der Waals surface area contributed by atoms with Crippen molar-refractivity contribution in [2.45, 2.75) is 19.9 Å². The maximum Gasteiger partial charge on any atom is 0.323 e. The summed E-state index contributed by atoms with van der Waals surface area (Å²) in [6, 6.07) is 10.5. The van der Waals surface area contributed by atoms with Gasteiger partial charge in [0.25, 0.3) is 0 Å². The third kappa shape index (κ3) is 4.55. The molecule has 6 heteroatoms. The molecular weight excluding hydrogens is 320 g/mol. The maximum absolute atomic E-state index is 12.2. The predicted molar refractivity (Wildman–Crippen MR) is 98.3 cm³/mol. The van der Waals surface area contributed by atoms with Gasteiger partial charge >= 0.3 is 6.03 Å². The number of thiazole rings is 1. The lowest BCUT2D eigenvalue weighted by atomic mass is 10.1. The van der Waals surface area contributed by atoms with Gasteiger partial charge in [-0.05, 0) is 31.4 Å². The number of anilines is 1. The monoisotopic (exact) mass is 344 g/mol. The first-order chi connectivity index (χ1) is 11.6. The number of hydrogen-bond acceptors (Lipinski definition) is 4. The largest absolute Gasteiger partial charge is 0.327 e. The van der Waals surface area contributed by atoms with Gasteiger partial charge in [-0.2, -0.15) is 0 Å². The van der Waals surface area contributed by atoms with E-state index < -0.39 is 0 Å². The maximum atomic E-state index is 12.2. The molecule has 1 aliphatic rings. The van der Waals surface area contributed by atoms with E-state index in [4.69, 9.17) is 0 Å². The Balaban J connectivity index is 1.45. The van der Waals surface area contributed by atoms with E-state index in [0.29, 0.717) is 11.0 Å². The van der Waals surface area contributed by atoms with Gasteiger partial charge < -0.3 is 4.90 Å². The molecule has 1 aliphatic heterocycles. The van der Waals surface area contributed by atoms with Crippen molar-refractivity contribution < 1.29 is 4.79 Å². The molecule has 0 aliphatic carbocycles. The Labute approximate surface area is 147 Å². The molecule has 0 radical (unpaired) electrons. The number of benzene rings is 1. The van der Waals surface area contributed by atoms with Crippen LogP contribution in [0.3, 0.4) is 0 Å². The number of amides is 2. The summed E-state index contributed by atoms with van der Waals surface area (Å²) < 4.78 is 0. The molecule has 1 N–H and O–H groups in total. The summed E-state index contributed by atoms with van der Waals surface area (Å²) in [5.41, 5.74) is 1.35. The Kier molecular flexibility index (Phi) is 5.48. The SMILES string of the molecule is Cc1cnc(NC(=O)N(C)CC2CCN(Cc3ccccc3)C2)s1. The van der Waals surface area contributed by atoms with Crippen molar-refractivity contribution in [3.05, 3.63) is 47.0 Å². The van der Waals surface area contributed by atoms with Crippen LogP contribution in [0.4, 0.5) is 9.93 Å². The van der Waals surface area contributed by atoms with Gasteiger partial charge in [0, 0.05) is 37.8 Å². The first-order valence-corrected chi connectivity index (χ1v) is 9.12. The van der Waals surface area contributed by atoms with E-state index in [1.54, 1.807) is 11.1 Å². The zero-order valence-electron chi connectivity index (χ0n) is 14.2. The highest BCUT2D eigenvalue weighted by atomic mass is 32.1. The second-order valence-electron chi connectivity index (χ2n) is 6.46. The lowest BCUT2D eigenvalue weighted by molar-refractivity contribution is 0.212. The molecule has 1 saturated heterocycles. The van der Waals surface area contributed by atoms with Crippen LogP contribution in [0.2, 0.25) is 0 Å². The second kappa shape index (κ2) is 7.77. The summed E-state index contributed by atoms with van der Waals surface area (Å²) in [6.45, 7) is 5.90. The van der Waals surface area contributed by atoms with Gasteiger partial charge in [-0.25, -0.2) is 9.78 Å². The number of carbonyl (C=O) groups excluding carboxylic acids is 1. The Morgan fingerprint density at radius 1 is 1.42 bits per heavy atom. The summed E-state index contributed by atoms with van der Waals surface area (Å²) >= 11 is 1.50. The van der Waals surface area contributed by atoms with Crippen molar-refractivity contribution in [3.8, 4) is 0 Å². The number of rotatable bonds is 5. The van der Waals surface area contributed by atoms with Crippen molar-refractivity contribution in [2.24, 2.45) is 5.92 Å². The standard InChI is InChI=1S/C18H24N4OS/c1-14-10-19-17(24-14)20-18(23)21(2)11-16-8-9-22(13-16)12-15-6-4-3-5-7-15/h3-7,10,16H,8-9,11-13H2,1-2H3,(H,19,20,23). The van der Waals surface area contributed by atoms with Crippen LogP contribution in [0.25, 0.3) is 0 Å². The zero-order chi connectivity index (χ0) is 16.9. The third-order valence-corrected chi connectivity index (χ3v) is 5.16. The van der Waals surface area contributed by atoms with E-state index in [9.17, 15) is 4.79 Å². The first kappa shape index (κ1) is 16.9. The second-order valence-corrected chi connectivity index (χ2v) is 7.70. The third-order valence-electron chi connectivity index (χ3n) is 4.33. The summed E-state index contributed by atoms with van der Waals surface area (Å²) in [5, 5.41) is 3.54. The fourth-order valence-corrected chi connectivity index (χ4v) is 3.77. The smallest absolute Gasteiger partial charge is 0.323 e. The van der Waals surface area contributed by atoms with Crippen molar-refractivity contribution in [1.82, 2.24) is 14.8 Å². The van der Waals surface area contributed by atoms with Gasteiger partial charge in [-0.15, -0.1) is 11.3 Å². The number of carbonyl (C=O) groups is 1. The van der Waals surface area contributed by atoms with Crippen LogP contribution >= 0.6 is 11.3 Å². The Bertz CT molecular complexity index is 673. The number of nitrogens with zero attached hydrogens (tertiary/aromatic N) is 3. The minimum Gasteiger partial charge on any atom is -0.327 e. The van der Waals surface area contributed by atoms with Gasteiger partial charge in [0.15, 0.2) is 5.13 Å². The number of aryl methyl sites for hydroxylation is 1. The van der Waals surface area contributed by atoms with Gasteiger partial charge in [0.2, 0.25) is 0 Å². The Hall–Kier alpha value is -1.92. The first-order valence-electron chi connectivity index (χ1n) is 8.31. The molecule has 5 nitrogen and oxygen atoms in total. The van der Waals surface area contributed by atoms with Gasteiger partial charge in [-0.1, -0.05) is 30.3 Å². The number of hydrogen-bond donors (Lipinski definition) is 1. The molecule has 128 valence electrons. The summed E-state index contributed by atoms with van der Waals surface area (Å²) in [6.07, 6.45) is 2.92. The molecule has 1 fully saturated rings. The van der Waals surface area contributed by atoms with Crippen LogP contribution in [-0.2, 0) is 6.54 Å². The molecule has 2 aromatic rings. The molecular formula is C18H24N4OS. The highest BCUT2D eigenvalue weighted by Crippen LogP contribution is 2.20. The van der Waals surface area contributed by atoms with Gasteiger partial charge in [-0.3, -0.25) is 10.2 Å². The Morgan fingerprint density at radius 3 is 2.92 bits per heavy atom. The number of nitrogens with one attached hydrogen (secondary N) is 1. The van der Waals surface area contributed by atoms with E-state index in [2.05, 4.69) is 39.5 Å². The average Bonchev–Trinajstić information content (AvgIpc) is 3.17. The molecule has 3 rings (SSSR count). The zero-order valence-corrected chi connectivity index (χ0v) is 15.1. The Morgan fingerprint density at radius 2 is 2.21 bits per heavy atom. The number of likely N-dealkylation sites (tertiary alicyclic amines) is 1. The van der Waals surface area contributed by atoms with Crippen LogP contribution in [0, 0.1) is 12.8 Å². The molecule has 0 bridgehead atoms. The fourth-order valence-electron chi connectivity index (χ4n) is 3.12. The van der Waals surface area contributed by atoms with Crippen molar-refractivity contribution in [1.29, 1.82) is 0 Å². The van der Waals surface area contributed by atoms with Crippen LogP contribution < -0.4 is 5.32 Å². The van der Waals surface area contributed by atoms with Crippen LogP contribution in [0.15, 0.2) is 36.5 Å². The normalized spacial score (nSPS) is 17.8. The van der Waals surface area contributed by atoms with Crippen LogP contribution in [0.1, 0.15) is 16.9 Å². The molecule has 2 heterocycles. The van der Waals surface area contributed by atoms with E-state index in [-0.39, 0.29) is 6.03 Å². The number of urea groups is 1. The van der Waals surface area contributed by atoms with E-state index >= 15 is 0 Å². The van der Waals surface area contributed by atoms with Crippen molar-refractivity contribution >= 4 is 22.5 Å². The molecule has 1 atom stereocenters. The summed E-state index contributed by atoms with van der Waals surface area (Å²) in [7, 11) is 1.86. The van der Waals surface area contributed by atoms with Crippen molar-refractivity contribution in [2.75, 3.05) is 32.0 Å². The molecule has 2 amide bonds. The van der Waals surface area contributed by atoms with Crippen molar-refractivity contribution in [3.63, 3.8) is 0 Å². The molecule has 1 unspecified atom stereocenters. The predicted octanol–water partition coefficient (Wildman–Crippen LogP) is 3.44. The molecule has 24 heavy (non-hydrogen) atoms. The van der Waals surface area contributed by atoms with E-state index in [0.717, 1.165) is 37.5 Å². The van der Waals surface area contributed by atoms with E-state index in [1.165, 1.54) is 16.9 Å². The van der Waals surface area contributed by atoms with Gasteiger partial charge in [0.05, 0.1) is 0 Å².